The highest BCUT2D eigenvalue weighted by Gasteiger charge is 2.28. The summed E-state index contributed by atoms with van der Waals surface area (Å²) in [5.74, 6) is 0.774. The van der Waals surface area contributed by atoms with Gasteiger partial charge < -0.3 is 19.9 Å². The Labute approximate surface area is 128 Å². The number of aliphatic hydroxyl groups excluding tert-OH is 1. The molecule has 2 N–H and O–H groups in total. The minimum Gasteiger partial charge on any atom is -0.491 e. The molecule has 0 fully saturated rings. The van der Waals surface area contributed by atoms with Gasteiger partial charge in [0.15, 0.2) is 0 Å². The number of hydrogen-bond acceptors (Lipinski definition) is 4. The molecule has 1 aromatic carbocycles. The van der Waals surface area contributed by atoms with Crippen LogP contribution in [0.1, 0.15) is 33.3 Å². The Morgan fingerprint density at radius 3 is 2.33 bits per heavy atom. The van der Waals surface area contributed by atoms with Crippen LogP contribution < -0.4 is 10.1 Å². The van der Waals surface area contributed by atoms with E-state index in [1.807, 2.05) is 38.1 Å². The van der Waals surface area contributed by atoms with E-state index in [1.54, 1.807) is 7.11 Å². The molecule has 0 aliphatic heterocycles. The molecule has 4 nitrogen and oxygen atoms in total. The highest BCUT2D eigenvalue weighted by atomic mass is 16.5. The maximum Gasteiger partial charge on any atom is 0.119 e. The first-order valence-electron chi connectivity index (χ1n) is 7.51. The average Bonchev–Trinajstić information content (AvgIpc) is 2.42. The molecule has 0 bridgehead atoms. The van der Waals surface area contributed by atoms with Gasteiger partial charge in [-0.2, -0.15) is 0 Å². The van der Waals surface area contributed by atoms with E-state index in [9.17, 15) is 5.11 Å². The first kappa shape index (κ1) is 18.0. The zero-order valence-electron chi connectivity index (χ0n) is 13.8. The Kier molecular flexibility index (Phi) is 7.15. The highest BCUT2D eigenvalue weighted by Crippen LogP contribution is 2.16. The van der Waals surface area contributed by atoms with E-state index >= 15 is 0 Å². The fourth-order valence-electron chi connectivity index (χ4n) is 2.20. The first-order chi connectivity index (χ1) is 9.85. The van der Waals surface area contributed by atoms with Crippen LogP contribution in [0.5, 0.6) is 5.75 Å². The number of nitrogens with one attached hydrogen (secondary N) is 1. The van der Waals surface area contributed by atoms with Gasteiger partial charge in [0.1, 0.15) is 18.5 Å². The van der Waals surface area contributed by atoms with E-state index in [-0.39, 0.29) is 12.1 Å². The molecule has 1 unspecified atom stereocenters. The van der Waals surface area contributed by atoms with Gasteiger partial charge in [-0.3, -0.25) is 0 Å². The monoisotopic (exact) mass is 295 g/mol. The summed E-state index contributed by atoms with van der Waals surface area (Å²) in [5.41, 5.74) is 0.832. The van der Waals surface area contributed by atoms with Crippen molar-refractivity contribution in [1.29, 1.82) is 0 Å². The van der Waals surface area contributed by atoms with Crippen molar-refractivity contribution in [3.05, 3.63) is 29.8 Å². The van der Waals surface area contributed by atoms with Crippen molar-refractivity contribution in [3.63, 3.8) is 0 Å². The van der Waals surface area contributed by atoms with Crippen LogP contribution in [0.15, 0.2) is 24.3 Å². The van der Waals surface area contributed by atoms with Gasteiger partial charge in [0.25, 0.3) is 0 Å². The van der Waals surface area contributed by atoms with E-state index in [0.717, 1.165) is 12.2 Å². The molecule has 0 aliphatic carbocycles. The van der Waals surface area contributed by atoms with Crippen molar-refractivity contribution in [2.45, 2.75) is 51.8 Å². The minimum atomic E-state index is -0.576. The van der Waals surface area contributed by atoms with Crippen molar-refractivity contribution in [1.82, 2.24) is 5.32 Å². The molecule has 0 amide bonds. The smallest absolute Gasteiger partial charge is 0.119 e. The molecular weight excluding hydrogens is 266 g/mol. The molecule has 0 radical (unpaired) electrons. The second kappa shape index (κ2) is 8.37. The summed E-state index contributed by atoms with van der Waals surface area (Å²) < 4.78 is 10.7. The fraction of sp³-hybridized carbons (Fsp3) is 0.647. The summed E-state index contributed by atoms with van der Waals surface area (Å²) in [4.78, 5) is 0. The maximum absolute atomic E-state index is 10.3. The second-order valence-corrected chi connectivity index (χ2v) is 6.23. The van der Waals surface area contributed by atoms with E-state index in [1.165, 1.54) is 5.56 Å². The third-order valence-corrected chi connectivity index (χ3v) is 3.42. The van der Waals surface area contributed by atoms with Gasteiger partial charge in [-0.05, 0) is 38.0 Å². The summed E-state index contributed by atoms with van der Waals surface area (Å²) >= 11 is 0. The minimum absolute atomic E-state index is 0.268. The van der Waals surface area contributed by atoms with E-state index < -0.39 is 6.10 Å². The molecule has 1 rings (SSSR count). The molecule has 0 aliphatic rings. The summed E-state index contributed by atoms with van der Waals surface area (Å²) in [5, 5.41) is 13.6. The van der Waals surface area contributed by atoms with Crippen LogP contribution in [-0.2, 0) is 11.2 Å². The molecule has 0 heterocycles. The van der Waals surface area contributed by atoms with Crippen LogP contribution in [0.2, 0.25) is 0 Å². The molecule has 1 atom stereocenters. The lowest BCUT2D eigenvalue weighted by atomic mass is 9.97. The van der Waals surface area contributed by atoms with Crippen LogP contribution in [0.4, 0.5) is 0 Å². The lowest BCUT2D eigenvalue weighted by Gasteiger charge is -2.33. The van der Waals surface area contributed by atoms with E-state index in [4.69, 9.17) is 9.47 Å². The number of rotatable bonds is 9. The van der Waals surface area contributed by atoms with E-state index in [2.05, 4.69) is 19.2 Å². The fourth-order valence-corrected chi connectivity index (χ4v) is 2.20. The predicted octanol–water partition coefficient (Wildman–Crippen LogP) is 2.39. The van der Waals surface area contributed by atoms with Crippen molar-refractivity contribution < 1.29 is 14.6 Å². The van der Waals surface area contributed by atoms with Crippen molar-refractivity contribution in [2.75, 3.05) is 20.3 Å². The number of methoxy groups -OCH3 is 1. The molecule has 0 saturated heterocycles. The van der Waals surface area contributed by atoms with Crippen molar-refractivity contribution in [2.24, 2.45) is 0 Å². The number of benzene rings is 1. The van der Waals surface area contributed by atoms with Crippen molar-refractivity contribution >= 4 is 0 Å². The molecule has 120 valence electrons. The van der Waals surface area contributed by atoms with Gasteiger partial charge >= 0.3 is 0 Å². The third-order valence-electron chi connectivity index (χ3n) is 3.42. The molecule has 0 spiro atoms. The summed E-state index contributed by atoms with van der Waals surface area (Å²) in [6.07, 6.45) is 0.318. The Morgan fingerprint density at radius 2 is 1.81 bits per heavy atom. The van der Waals surface area contributed by atoms with Crippen LogP contribution in [0.3, 0.4) is 0 Å². The zero-order chi connectivity index (χ0) is 15.9. The van der Waals surface area contributed by atoms with Gasteiger partial charge in [0.2, 0.25) is 0 Å². The standard InChI is InChI=1S/C17H29NO3/c1-13(2)18-17(3,4)16(19)12-21-15-8-6-14(7-9-15)10-11-20-5/h6-9,13,16,18-19H,10-12H2,1-5H3. The van der Waals surface area contributed by atoms with Gasteiger partial charge in [0, 0.05) is 18.7 Å². The number of hydrogen-bond donors (Lipinski definition) is 2. The van der Waals surface area contributed by atoms with Crippen molar-refractivity contribution in [3.8, 4) is 5.75 Å². The summed E-state index contributed by atoms with van der Waals surface area (Å²) in [6.45, 7) is 9.07. The third kappa shape index (κ3) is 6.46. The molecule has 1 aromatic rings. The lowest BCUT2D eigenvalue weighted by Crippen LogP contribution is -2.54. The Balaban J connectivity index is 2.47. The second-order valence-electron chi connectivity index (χ2n) is 6.23. The van der Waals surface area contributed by atoms with Crippen LogP contribution >= 0.6 is 0 Å². The molecule has 0 saturated carbocycles. The van der Waals surface area contributed by atoms with Gasteiger partial charge in [-0.25, -0.2) is 0 Å². The summed E-state index contributed by atoms with van der Waals surface area (Å²) in [6, 6.07) is 8.23. The number of aliphatic hydroxyl groups is 1. The largest absolute Gasteiger partial charge is 0.491 e. The quantitative estimate of drug-likeness (QED) is 0.734. The summed E-state index contributed by atoms with van der Waals surface area (Å²) in [7, 11) is 1.70. The normalized spacial score (nSPS) is 13.5. The SMILES string of the molecule is COCCc1ccc(OCC(O)C(C)(C)NC(C)C)cc1. The Morgan fingerprint density at radius 1 is 1.19 bits per heavy atom. The van der Waals surface area contributed by atoms with E-state index in [0.29, 0.717) is 12.6 Å². The van der Waals surface area contributed by atoms with Gasteiger partial charge in [0.05, 0.1) is 6.61 Å². The first-order valence-corrected chi connectivity index (χ1v) is 7.51. The van der Waals surface area contributed by atoms with Crippen LogP contribution in [0.25, 0.3) is 0 Å². The Hall–Kier alpha value is -1.10. The molecule has 21 heavy (non-hydrogen) atoms. The maximum atomic E-state index is 10.3. The predicted molar refractivity (Wildman–Crippen MR) is 85.9 cm³/mol. The van der Waals surface area contributed by atoms with Gasteiger partial charge in [-0.15, -0.1) is 0 Å². The van der Waals surface area contributed by atoms with Gasteiger partial charge in [-0.1, -0.05) is 26.0 Å². The topological polar surface area (TPSA) is 50.7 Å². The zero-order valence-corrected chi connectivity index (χ0v) is 13.8. The lowest BCUT2D eigenvalue weighted by molar-refractivity contribution is 0.0336. The molecular formula is C17H29NO3. The average molecular weight is 295 g/mol. The van der Waals surface area contributed by atoms with Crippen LogP contribution in [0, 0.1) is 0 Å². The highest BCUT2D eigenvalue weighted by molar-refractivity contribution is 5.27. The number of ether oxygens (including phenoxy) is 2. The van der Waals surface area contributed by atoms with Crippen LogP contribution in [-0.4, -0.2) is 43.1 Å². The molecule has 0 aromatic heterocycles. The Bertz CT molecular complexity index is 401. The molecule has 4 heteroatoms.